The molecule has 6 heteroatoms. The molecule has 1 unspecified atom stereocenters. The molecule has 0 saturated heterocycles. The lowest BCUT2D eigenvalue weighted by Gasteiger charge is -2.07. The van der Waals surface area contributed by atoms with E-state index in [2.05, 4.69) is 9.97 Å². The van der Waals surface area contributed by atoms with E-state index in [0.717, 1.165) is 11.8 Å². The first-order chi connectivity index (χ1) is 7.19. The lowest BCUT2D eigenvalue weighted by Crippen LogP contribution is -2.15. The van der Waals surface area contributed by atoms with Crippen LogP contribution in [0.1, 0.15) is 12.6 Å². The molecule has 0 aliphatic heterocycles. The van der Waals surface area contributed by atoms with Crippen LogP contribution in [0.4, 0.5) is 4.39 Å². The van der Waals surface area contributed by atoms with Crippen LogP contribution < -0.4 is 0 Å². The highest BCUT2D eigenvalue weighted by atomic mass is 32.2. The van der Waals surface area contributed by atoms with Crippen molar-refractivity contribution in [3.63, 3.8) is 0 Å². The van der Waals surface area contributed by atoms with Gasteiger partial charge in [0, 0.05) is 5.75 Å². The molecule has 2 N–H and O–H groups in total. The van der Waals surface area contributed by atoms with E-state index in [0.29, 0.717) is 12.1 Å². The van der Waals surface area contributed by atoms with Crippen LogP contribution in [0.5, 0.6) is 0 Å². The fourth-order valence-corrected chi connectivity index (χ4v) is 1.78. The van der Waals surface area contributed by atoms with Crippen LogP contribution in [0.3, 0.4) is 0 Å². The summed E-state index contributed by atoms with van der Waals surface area (Å²) >= 11 is 1.07. The molecule has 4 nitrogen and oxygen atoms in total. The minimum Gasteiger partial charge on any atom is -0.394 e. The monoisotopic (exact) mass is 232 g/mol. The number of hydrogen-bond donors (Lipinski definition) is 2. The molecular weight excluding hydrogens is 219 g/mol. The van der Waals surface area contributed by atoms with Crippen molar-refractivity contribution in [2.75, 3.05) is 12.4 Å². The van der Waals surface area contributed by atoms with Crippen molar-refractivity contribution in [2.24, 2.45) is 0 Å². The Balaban J connectivity index is 2.68. The second kappa shape index (κ2) is 5.99. The molecule has 1 heterocycles. The molecule has 0 amide bonds. The van der Waals surface area contributed by atoms with Crippen molar-refractivity contribution in [2.45, 2.75) is 24.5 Å². The maximum atomic E-state index is 13.5. The molecular formula is C9H13FN2O2S. The van der Waals surface area contributed by atoms with E-state index >= 15 is 0 Å². The van der Waals surface area contributed by atoms with Crippen LogP contribution >= 0.6 is 11.8 Å². The highest BCUT2D eigenvalue weighted by Gasteiger charge is 2.11. The quantitative estimate of drug-likeness (QED) is 0.575. The van der Waals surface area contributed by atoms with E-state index in [1.807, 2.05) is 6.92 Å². The summed E-state index contributed by atoms with van der Waals surface area (Å²) in [5.41, 5.74) is 0.367. The predicted molar refractivity (Wildman–Crippen MR) is 55.2 cm³/mol. The molecule has 15 heavy (non-hydrogen) atoms. The lowest BCUT2D eigenvalue weighted by atomic mass is 10.3. The second-order valence-corrected chi connectivity index (χ2v) is 3.95. The molecule has 0 aromatic carbocycles. The maximum Gasteiger partial charge on any atom is 0.176 e. The Morgan fingerprint density at radius 1 is 1.53 bits per heavy atom. The van der Waals surface area contributed by atoms with Gasteiger partial charge in [-0.15, -0.1) is 11.8 Å². The number of aryl methyl sites for hydroxylation is 1. The predicted octanol–water partition coefficient (Wildman–Crippen LogP) is 0.623. The third-order valence-corrected chi connectivity index (χ3v) is 2.90. The van der Waals surface area contributed by atoms with Gasteiger partial charge >= 0.3 is 0 Å². The van der Waals surface area contributed by atoms with Gasteiger partial charge < -0.3 is 10.2 Å². The van der Waals surface area contributed by atoms with Crippen LogP contribution in [0.15, 0.2) is 11.4 Å². The third kappa shape index (κ3) is 3.40. The molecule has 0 fully saturated rings. The first-order valence-corrected chi connectivity index (χ1v) is 5.58. The van der Waals surface area contributed by atoms with E-state index in [4.69, 9.17) is 10.2 Å². The first kappa shape index (κ1) is 12.4. The molecule has 0 bridgehead atoms. The topological polar surface area (TPSA) is 66.2 Å². The van der Waals surface area contributed by atoms with Gasteiger partial charge in [-0.1, -0.05) is 6.92 Å². The summed E-state index contributed by atoms with van der Waals surface area (Å²) in [6, 6.07) is 0. The number of hydrogen-bond acceptors (Lipinski definition) is 5. The fraction of sp³-hybridized carbons (Fsp3) is 0.556. The van der Waals surface area contributed by atoms with E-state index in [1.54, 1.807) is 0 Å². The number of aliphatic hydroxyl groups is 2. The summed E-state index contributed by atoms with van der Waals surface area (Å²) in [6.07, 6.45) is 0.953. The van der Waals surface area contributed by atoms with Gasteiger partial charge in [0.2, 0.25) is 0 Å². The summed E-state index contributed by atoms with van der Waals surface area (Å²) in [4.78, 5) is 7.57. The normalized spacial score (nSPS) is 12.8. The van der Waals surface area contributed by atoms with Crippen molar-refractivity contribution < 1.29 is 14.6 Å². The molecule has 0 aliphatic carbocycles. The Bertz CT molecular complexity index is 325. The zero-order valence-electron chi connectivity index (χ0n) is 8.35. The molecule has 0 aliphatic rings. The van der Waals surface area contributed by atoms with Gasteiger partial charge in [-0.25, -0.2) is 14.4 Å². The summed E-state index contributed by atoms with van der Waals surface area (Å²) in [7, 11) is 0. The van der Waals surface area contributed by atoms with E-state index < -0.39 is 11.9 Å². The average Bonchev–Trinajstić information content (AvgIpc) is 2.27. The SMILES string of the molecule is CCc1ncnc(SCC(O)CO)c1F. The van der Waals surface area contributed by atoms with Gasteiger partial charge in [0.25, 0.3) is 0 Å². The Labute approximate surface area is 91.6 Å². The molecule has 84 valence electrons. The van der Waals surface area contributed by atoms with Crippen LogP contribution in [0, 0.1) is 5.82 Å². The molecule has 1 atom stereocenters. The zero-order chi connectivity index (χ0) is 11.3. The van der Waals surface area contributed by atoms with Gasteiger partial charge in [-0.3, -0.25) is 0 Å². The van der Waals surface area contributed by atoms with Crippen molar-refractivity contribution in [1.82, 2.24) is 9.97 Å². The molecule has 0 radical (unpaired) electrons. The Hall–Kier alpha value is -0.720. The first-order valence-electron chi connectivity index (χ1n) is 4.60. The Morgan fingerprint density at radius 2 is 2.27 bits per heavy atom. The Morgan fingerprint density at radius 3 is 2.87 bits per heavy atom. The molecule has 1 aromatic rings. The molecule has 1 rings (SSSR count). The fourth-order valence-electron chi connectivity index (χ4n) is 0.963. The summed E-state index contributed by atoms with van der Waals surface area (Å²) in [5.74, 6) is -0.219. The number of thioether (sulfide) groups is 1. The van der Waals surface area contributed by atoms with Crippen molar-refractivity contribution in [3.05, 3.63) is 17.8 Å². The molecule has 0 spiro atoms. The Kier molecular flexibility index (Phi) is 4.93. The van der Waals surface area contributed by atoms with Gasteiger partial charge in [0.15, 0.2) is 5.82 Å². The highest BCUT2D eigenvalue weighted by molar-refractivity contribution is 7.99. The van der Waals surface area contributed by atoms with Crippen molar-refractivity contribution in [3.8, 4) is 0 Å². The minimum atomic E-state index is -0.852. The van der Waals surface area contributed by atoms with Crippen LogP contribution in [0.2, 0.25) is 0 Å². The highest BCUT2D eigenvalue weighted by Crippen LogP contribution is 2.21. The van der Waals surface area contributed by atoms with E-state index in [1.165, 1.54) is 6.33 Å². The molecule has 1 aromatic heterocycles. The molecule has 0 saturated carbocycles. The van der Waals surface area contributed by atoms with Gasteiger partial charge in [-0.05, 0) is 6.42 Å². The zero-order valence-corrected chi connectivity index (χ0v) is 9.17. The minimum absolute atomic E-state index is 0.216. The van der Waals surface area contributed by atoms with E-state index in [-0.39, 0.29) is 17.4 Å². The van der Waals surface area contributed by atoms with Gasteiger partial charge in [0.1, 0.15) is 11.4 Å². The summed E-state index contributed by atoms with van der Waals surface area (Å²) in [5, 5.41) is 17.9. The maximum absolute atomic E-state index is 13.5. The third-order valence-electron chi connectivity index (χ3n) is 1.79. The van der Waals surface area contributed by atoms with Gasteiger partial charge in [-0.2, -0.15) is 0 Å². The smallest absolute Gasteiger partial charge is 0.176 e. The van der Waals surface area contributed by atoms with Crippen molar-refractivity contribution in [1.29, 1.82) is 0 Å². The van der Waals surface area contributed by atoms with Crippen LogP contribution in [-0.2, 0) is 6.42 Å². The standard InChI is InChI=1S/C9H13FN2O2S/c1-2-7-8(10)9(12-5-11-7)15-4-6(14)3-13/h5-6,13-14H,2-4H2,1H3. The largest absolute Gasteiger partial charge is 0.394 e. The van der Waals surface area contributed by atoms with E-state index in [9.17, 15) is 4.39 Å². The number of aromatic nitrogens is 2. The van der Waals surface area contributed by atoms with Crippen LogP contribution in [-0.4, -0.2) is 38.6 Å². The van der Waals surface area contributed by atoms with Gasteiger partial charge in [0.05, 0.1) is 18.4 Å². The van der Waals surface area contributed by atoms with Crippen LogP contribution in [0.25, 0.3) is 0 Å². The second-order valence-electron chi connectivity index (χ2n) is 2.94. The number of nitrogens with zero attached hydrogens (tertiary/aromatic N) is 2. The lowest BCUT2D eigenvalue weighted by molar-refractivity contribution is 0.113. The summed E-state index contributed by atoms with van der Waals surface area (Å²) < 4.78 is 13.5. The number of aliphatic hydroxyl groups excluding tert-OH is 2. The number of halogens is 1. The average molecular weight is 232 g/mol. The summed E-state index contributed by atoms with van der Waals surface area (Å²) in [6.45, 7) is 1.47. The van der Waals surface area contributed by atoms with Crippen molar-refractivity contribution >= 4 is 11.8 Å². The number of rotatable bonds is 5.